The summed E-state index contributed by atoms with van der Waals surface area (Å²) in [5.41, 5.74) is 3.15. The third-order valence-electron chi connectivity index (χ3n) is 2.24. The van der Waals surface area contributed by atoms with E-state index in [1.165, 1.54) is 0 Å². The van der Waals surface area contributed by atoms with Crippen molar-refractivity contribution >= 4 is 5.84 Å². The van der Waals surface area contributed by atoms with E-state index in [0.717, 1.165) is 5.56 Å². The highest BCUT2D eigenvalue weighted by Crippen LogP contribution is 2.31. The van der Waals surface area contributed by atoms with E-state index < -0.39 is 0 Å². The van der Waals surface area contributed by atoms with Crippen LogP contribution in [0.3, 0.4) is 0 Å². The fourth-order valence-electron chi connectivity index (χ4n) is 1.58. The van der Waals surface area contributed by atoms with Gasteiger partial charge in [0.1, 0.15) is 5.84 Å². The van der Waals surface area contributed by atoms with Gasteiger partial charge in [-0.25, -0.2) is 5.84 Å². The molecule has 1 rings (SSSR count). The lowest BCUT2D eigenvalue weighted by atomic mass is 10.1. The molecular weight excluding hydrogens is 230 g/mol. The molecule has 0 heterocycles. The lowest BCUT2D eigenvalue weighted by Crippen LogP contribution is -2.34. The zero-order valence-corrected chi connectivity index (χ0v) is 11.6. The number of hydrogen-bond acceptors (Lipinski definition) is 4. The van der Waals surface area contributed by atoms with E-state index in [1.807, 2.05) is 39.0 Å². The first-order valence-corrected chi connectivity index (χ1v) is 5.70. The zero-order chi connectivity index (χ0) is 13.8. The van der Waals surface area contributed by atoms with Crippen LogP contribution in [0.15, 0.2) is 23.2 Å². The number of nitrogens with zero attached hydrogens (tertiary/aromatic N) is 1. The van der Waals surface area contributed by atoms with Crippen molar-refractivity contribution in [1.29, 1.82) is 0 Å². The van der Waals surface area contributed by atoms with Crippen LogP contribution in [0.1, 0.15) is 26.3 Å². The van der Waals surface area contributed by atoms with Gasteiger partial charge in [0.2, 0.25) is 0 Å². The van der Waals surface area contributed by atoms with Gasteiger partial charge in [0, 0.05) is 0 Å². The Morgan fingerprint density at radius 2 is 1.89 bits per heavy atom. The molecule has 0 radical (unpaired) electrons. The number of benzene rings is 1. The third kappa shape index (κ3) is 3.37. The molecule has 0 fully saturated rings. The van der Waals surface area contributed by atoms with Crippen molar-refractivity contribution in [2.45, 2.75) is 26.3 Å². The van der Waals surface area contributed by atoms with Crippen molar-refractivity contribution in [2.24, 2.45) is 10.8 Å². The largest absolute Gasteiger partial charge is 0.493 e. The van der Waals surface area contributed by atoms with Crippen LogP contribution in [0.4, 0.5) is 0 Å². The van der Waals surface area contributed by atoms with Gasteiger partial charge in [0.15, 0.2) is 11.5 Å². The van der Waals surface area contributed by atoms with E-state index in [9.17, 15) is 0 Å². The Balaban J connectivity index is 3.34. The van der Waals surface area contributed by atoms with E-state index >= 15 is 0 Å². The highest BCUT2D eigenvalue weighted by molar-refractivity contribution is 6.01. The molecule has 0 saturated carbocycles. The van der Waals surface area contributed by atoms with Gasteiger partial charge in [-0.3, -0.25) is 4.99 Å². The summed E-state index contributed by atoms with van der Waals surface area (Å²) in [7, 11) is 3.19. The van der Waals surface area contributed by atoms with Gasteiger partial charge in [0.05, 0.1) is 25.3 Å². The highest BCUT2D eigenvalue weighted by atomic mass is 16.5. The third-order valence-corrected chi connectivity index (χ3v) is 2.24. The smallest absolute Gasteiger partial charge is 0.171 e. The van der Waals surface area contributed by atoms with Crippen LogP contribution in [0.25, 0.3) is 0 Å². The minimum atomic E-state index is -0.240. The quantitative estimate of drug-likeness (QED) is 0.371. The molecule has 1 aromatic carbocycles. The molecule has 0 unspecified atom stereocenters. The number of methoxy groups -OCH3 is 2. The molecule has 18 heavy (non-hydrogen) atoms. The molecule has 0 amide bonds. The molecule has 0 atom stereocenters. The van der Waals surface area contributed by atoms with E-state index in [4.69, 9.17) is 15.3 Å². The first-order valence-electron chi connectivity index (χ1n) is 5.70. The average Bonchev–Trinajstić information content (AvgIpc) is 2.33. The van der Waals surface area contributed by atoms with Crippen LogP contribution in [-0.2, 0) is 0 Å². The maximum Gasteiger partial charge on any atom is 0.171 e. The molecule has 0 bridgehead atoms. The summed E-state index contributed by atoms with van der Waals surface area (Å²) in [5, 5.41) is 0. The average molecular weight is 251 g/mol. The van der Waals surface area contributed by atoms with Crippen LogP contribution in [0, 0.1) is 0 Å². The molecule has 0 aliphatic carbocycles. The standard InChI is InChI=1S/C13H21N3O2/c1-13(2,3)15-12(16-14)9-7-6-8-10(17-4)11(9)18-5/h6-8H,14H2,1-5H3,(H,15,16). The minimum Gasteiger partial charge on any atom is -0.493 e. The SMILES string of the molecule is COc1cccc(C(=NC(C)(C)C)NN)c1OC. The molecule has 5 nitrogen and oxygen atoms in total. The van der Waals surface area contributed by atoms with E-state index in [0.29, 0.717) is 17.3 Å². The molecule has 100 valence electrons. The first-order chi connectivity index (χ1) is 8.42. The number of nitrogens with two attached hydrogens (primary N) is 1. The molecule has 3 N–H and O–H groups in total. The summed E-state index contributed by atoms with van der Waals surface area (Å²) in [4.78, 5) is 4.53. The molecular formula is C13H21N3O2. The number of ether oxygens (including phenoxy) is 2. The second-order valence-electron chi connectivity index (χ2n) is 4.82. The van der Waals surface area contributed by atoms with Crippen LogP contribution >= 0.6 is 0 Å². The monoisotopic (exact) mass is 251 g/mol. The van der Waals surface area contributed by atoms with Crippen LogP contribution in [0.5, 0.6) is 11.5 Å². The maximum atomic E-state index is 5.55. The lowest BCUT2D eigenvalue weighted by Gasteiger charge is -2.18. The van der Waals surface area contributed by atoms with E-state index in [-0.39, 0.29) is 5.54 Å². The number of para-hydroxylation sites is 1. The number of amidine groups is 1. The normalized spacial score (nSPS) is 12.2. The fraction of sp³-hybridized carbons (Fsp3) is 0.462. The van der Waals surface area contributed by atoms with Gasteiger partial charge in [-0.05, 0) is 32.9 Å². The maximum absolute atomic E-state index is 5.55. The van der Waals surface area contributed by atoms with Gasteiger partial charge in [-0.2, -0.15) is 0 Å². The van der Waals surface area contributed by atoms with Gasteiger partial charge < -0.3 is 14.9 Å². The predicted molar refractivity (Wildman–Crippen MR) is 73.2 cm³/mol. The topological polar surface area (TPSA) is 68.9 Å². The molecule has 0 aromatic heterocycles. The summed E-state index contributed by atoms with van der Waals surface area (Å²) in [5.74, 6) is 7.37. The Labute approximate surface area is 108 Å². The zero-order valence-electron chi connectivity index (χ0n) is 11.6. The lowest BCUT2D eigenvalue weighted by molar-refractivity contribution is 0.354. The fourth-order valence-corrected chi connectivity index (χ4v) is 1.58. The number of hydrogen-bond donors (Lipinski definition) is 2. The minimum absolute atomic E-state index is 0.240. The molecule has 5 heteroatoms. The molecule has 0 aliphatic heterocycles. The van der Waals surface area contributed by atoms with Gasteiger partial charge in [0.25, 0.3) is 0 Å². The van der Waals surface area contributed by atoms with E-state index in [2.05, 4.69) is 10.4 Å². The van der Waals surface area contributed by atoms with Crippen molar-refractivity contribution in [3.63, 3.8) is 0 Å². The number of rotatable bonds is 3. The number of hydrazine groups is 1. The van der Waals surface area contributed by atoms with Gasteiger partial charge in [-0.15, -0.1) is 0 Å². The Morgan fingerprint density at radius 1 is 1.22 bits per heavy atom. The summed E-state index contributed by atoms with van der Waals surface area (Å²) in [6, 6.07) is 5.57. The Hall–Kier alpha value is -1.75. The van der Waals surface area contributed by atoms with Crippen molar-refractivity contribution in [2.75, 3.05) is 14.2 Å². The number of nitrogens with one attached hydrogen (secondary N) is 1. The Morgan fingerprint density at radius 3 is 2.33 bits per heavy atom. The summed E-state index contributed by atoms with van der Waals surface area (Å²) in [6.07, 6.45) is 0. The number of aliphatic imine (C=N–C) groups is 1. The van der Waals surface area contributed by atoms with Crippen molar-refractivity contribution in [1.82, 2.24) is 5.43 Å². The van der Waals surface area contributed by atoms with Crippen molar-refractivity contribution < 1.29 is 9.47 Å². The summed E-state index contributed by atoms with van der Waals surface area (Å²) < 4.78 is 10.6. The molecule has 0 saturated heterocycles. The Bertz CT molecular complexity index is 436. The molecule has 0 aliphatic rings. The molecule has 1 aromatic rings. The van der Waals surface area contributed by atoms with Crippen LogP contribution < -0.4 is 20.7 Å². The van der Waals surface area contributed by atoms with Crippen molar-refractivity contribution in [3.8, 4) is 11.5 Å². The highest BCUT2D eigenvalue weighted by Gasteiger charge is 2.17. The van der Waals surface area contributed by atoms with Gasteiger partial charge >= 0.3 is 0 Å². The van der Waals surface area contributed by atoms with E-state index in [1.54, 1.807) is 14.2 Å². The van der Waals surface area contributed by atoms with Crippen molar-refractivity contribution in [3.05, 3.63) is 23.8 Å². The second-order valence-corrected chi connectivity index (χ2v) is 4.82. The summed E-state index contributed by atoms with van der Waals surface area (Å²) >= 11 is 0. The first kappa shape index (κ1) is 14.3. The second kappa shape index (κ2) is 5.73. The Kier molecular flexibility index (Phi) is 4.55. The predicted octanol–water partition coefficient (Wildman–Crippen LogP) is 1.71. The van der Waals surface area contributed by atoms with Gasteiger partial charge in [-0.1, -0.05) is 6.07 Å². The molecule has 0 spiro atoms. The van der Waals surface area contributed by atoms with Crippen LogP contribution in [-0.4, -0.2) is 25.6 Å². The van der Waals surface area contributed by atoms with Crippen LogP contribution in [0.2, 0.25) is 0 Å². The summed E-state index contributed by atoms with van der Waals surface area (Å²) in [6.45, 7) is 5.99.